The van der Waals surface area contributed by atoms with Crippen molar-refractivity contribution in [3.8, 4) is 11.5 Å². The summed E-state index contributed by atoms with van der Waals surface area (Å²) in [6, 6.07) is 8.71. The van der Waals surface area contributed by atoms with E-state index < -0.39 is 0 Å². The summed E-state index contributed by atoms with van der Waals surface area (Å²) in [7, 11) is 0. The molecule has 0 amide bonds. The highest BCUT2D eigenvalue weighted by molar-refractivity contribution is 14.1. The second-order valence-corrected chi connectivity index (χ2v) is 14.8. The quantitative estimate of drug-likeness (QED) is 0.131. The van der Waals surface area contributed by atoms with Crippen molar-refractivity contribution >= 4 is 136 Å². The van der Waals surface area contributed by atoms with Gasteiger partial charge in [0, 0.05) is 7.14 Å². The molecule has 0 aliphatic rings. The van der Waals surface area contributed by atoms with Crippen LogP contribution >= 0.6 is 136 Å². The molecule has 2 rings (SSSR count). The summed E-state index contributed by atoms with van der Waals surface area (Å²) < 4.78 is 19.4. The lowest BCUT2D eigenvalue weighted by molar-refractivity contribution is 0.299. The average molecular weight is 1110 g/mol. The summed E-state index contributed by atoms with van der Waals surface area (Å²) in [6.07, 6.45) is 12.9. The van der Waals surface area contributed by atoms with Gasteiger partial charge in [-0.3, -0.25) is 0 Å². The molecule has 0 radical (unpaired) electrons. The Morgan fingerprint density at radius 3 is 0.938 bits per heavy atom. The summed E-state index contributed by atoms with van der Waals surface area (Å²) >= 11 is 14.2. The molecule has 0 aliphatic carbocycles. The molecular weight excluding hydrogens is 1080 g/mol. The number of unbranched alkanes of at least 4 members (excludes halogenated alkanes) is 9. The molecule has 0 aliphatic heterocycles. The first-order chi connectivity index (χ1) is 15.4. The van der Waals surface area contributed by atoms with Crippen LogP contribution in [-0.2, 0) is 0 Å². The number of ether oxygens (including phenoxy) is 2. The van der Waals surface area contributed by atoms with Crippen molar-refractivity contribution in [3.63, 3.8) is 0 Å². The Labute approximate surface area is 275 Å². The van der Waals surface area contributed by atoms with Crippen LogP contribution < -0.4 is 9.47 Å². The lowest BCUT2D eigenvalue weighted by Gasteiger charge is -2.11. The summed E-state index contributed by atoms with van der Waals surface area (Å²) in [5.41, 5.74) is 0. The van der Waals surface area contributed by atoms with Gasteiger partial charge in [-0.15, -0.1) is 0 Å². The normalized spacial score (nSPS) is 11.1. The molecule has 0 unspecified atom stereocenters. The van der Waals surface area contributed by atoms with Crippen molar-refractivity contribution in [2.75, 3.05) is 13.2 Å². The fourth-order valence-electron chi connectivity index (χ4n) is 3.30. The van der Waals surface area contributed by atoms with Gasteiger partial charge in [0.15, 0.2) is 0 Å². The Morgan fingerprint density at radius 1 is 0.406 bits per heavy atom. The summed E-state index contributed by atoms with van der Waals surface area (Å²) in [4.78, 5) is 0. The van der Waals surface area contributed by atoms with E-state index in [2.05, 4.69) is 160 Å². The Bertz CT molecular complexity index is 728. The minimum absolute atomic E-state index is 0.828. The van der Waals surface area contributed by atoms with Crippen LogP contribution in [0.1, 0.15) is 64.2 Å². The van der Waals surface area contributed by atoms with E-state index in [4.69, 9.17) is 9.47 Å². The molecule has 0 aromatic heterocycles. The van der Waals surface area contributed by atoms with E-state index >= 15 is 0 Å². The smallest absolute Gasteiger partial charge is 0.145 e. The molecule has 0 N–H and O–H groups in total. The van der Waals surface area contributed by atoms with Crippen molar-refractivity contribution in [1.82, 2.24) is 0 Å². The van der Waals surface area contributed by atoms with Gasteiger partial charge in [0.2, 0.25) is 0 Å². The highest BCUT2D eigenvalue weighted by atomic mass is 127. The average Bonchev–Trinajstić information content (AvgIpc) is 2.71. The van der Waals surface area contributed by atoms with Gasteiger partial charge in [-0.1, -0.05) is 51.4 Å². The molecule has 0 bridgehead atoms. The van der Waals surface area contributed by atoms with Crippen LogP contribution in [0.15, 0.2) is 24.3 Å². The van der Waals surface area contributed by atoms with Crippen LogP contribution in [0.3, 0.4) is 0 Å². The minimum atomic E-state index is 0.828. The Kier molecular flexibility index (Phi) is 17.0. The van der Waals surface area contributed by atoms with Gasteiger partial charge in [0.05, 0.1) is 27.5 Å². The molecule has 0 saturated heterocycles. The molecule has 8 heteroatoms. The van der Waals surface area contributed by atoms with E-state index in [1.54, 1.807) is 0 Å². The fraction of sp³-hybridized carbons (Fsp3) is 0.500. The maximum absolute atomic E-state index is 6.03. The van der Waals surface area contributed by atoms with Crippen LogP contribution in [0.4, 0.5) is 0 Å². The zero-order valence-corrected chi connectivity index (χ0v) is 30.8. The number of halogens is 6. The molecule has 2 aromatic carbocycles. The lowest BCUT2D eigenvalue weighted by atomic mass is 10.1. The fourth-order valence-corrected chi connectivity index (χ4v) is 11.1. The maximum Gasteiger partial charge on any atom is 0.145 e. The Balaban J connectivity index is 1.41. The van der Waals surface area contributed by atoms with Gasteiger partial charge in [-0.25, -0.2) is 0 Å². The third-order valence-electron chi connectivity index (χ3n) is 4.96. The monoisotopic (exact) mass is 1110 g/mol. The van der Waals surface area contributed by atoms with Gasteiger partial charge in [-0.05, 0) is 173 Å². The molecule has 0 saturated carbocycles. The van der Waals surface area contributed by atoms with E-state index in [9.17, 15) is 0 Å². The van der Waals surface area contributed by atoms with Crippen LogP contribution in [0.2, 0.25) is 0 Å². The molecule has 2 nitrogen and oxygen atoms in total. The highest BCUT2D eigenvalue weighted by Gasteiger charge is 2.08. The van der Waals surface area contributed by atoms with E-state index in [-0.39, 0.29) is 0 Å². The first kappa shape index (κ1) is 30.6. The minimum Gasteiger partial charge on any atom is -0.491 e. The summed E-state index contributed by atoms with van der Waals surface area (Å²) in [5.74, 6) is 2.11. The summed E-state index contributed by atoms with van der Waals surface area (Å²) in [5, 5.41) is 0. The van der Waals surface area contributed by atoms with Gasteiger partial charge in [0.25, 0.3) is 0 Å². The number of hydrogen-bond donors (Lipinski definition) is 0. The van der Waals surface area contributed by atoms with E-state index in [1.807, 2.05) is 0 Å². The zero-order chi connectivity index (χ0) is 23.3. The number of benzene rings is 2. The topological polar surface area (TPSA) is 18.5 Å². The largest absolute Gasteiger partial charge is 0.491 e. The Hall–Kier alpha value is 2.42. The van der Waals surface area contributed by atoms with E-state index in [0.717, 1.165) is 37.6 Å². The zero-order valence-electron chi connectivity index (χ0n) is 17.9. The van der Waals surface area contributed by atoms with Crippen molar-refractivity contribution < 1.29 is 9.47 Å². The van der Waals surface area contributed by atoms with Crippen LogP contribution in [0, 0.1) is 21.4 Å². The van der Waals surface area contributed by atoms with Crippen molar-refractivity contribution in [2.45, 2.75) is 64.2 Å². The first-order valence-electron chi connectivity index (χ1n) is 10.9. The van der Waals surface area contributed by atoms with Crippen molar-refractivity contribution in [2.24, 2.45) is 0 Å². The molecule has 178 valence electrons. The van der Waals surface area contributed by atoms with Crippen molar-refractivity contribution in [1.29, 1.82) is 0 Å². The van der Waals surface area contributed by atoms with Gasteiger partial charge in [-0.2, -0.15) is 0 Å². The second kappa shape index (κ2) is 17.8. The molecule has 32 heavy (non-hydrogen) atoms. The molecule has 0 fully saturated rings. The van der Waals surface area contributed by atoms with E-state index in [0.29, 0.717) is 0 Å². The van der Waals surface area contributed by atoms with Gasteiger partial charge >= 0.3 is 0 Å². The molecule has 2 aromatic rings. The van der Waals surface area contributed by atoms with Gasteiger partial charge < -0.3 is 9.47 Å². The summed E-state index contributed by atoms with van der Waals surface area (Å²) in [6.45, 7) is 1.66. The predicted molar refractivity (Wildman–Crippen MR) is 186 cm³/mol. The third kappa shape index (κ3) is 12.1. The third-order valence-corrected chi connectivity index (χ3v) is 9.41. The van der Waals surface area contributed by atoms with Crippen LogP contribution in [-0.4, -0.2) is 13.2 Å². The Morgan fingerprint density at radius 2 is 0.656 bits per heavy atom. The number of rotatable bonds is 15. The SMILES string of the molecule is Ic1cc(I)c(OCCCCCCCCCCCCOc2c(I)cc(I)cc2I)c(I)c1. The first-order valence-corrected chi connectivity index (χ1v) is 17.4. The number of hydrogen-bond acceptors (Lipinski definition) is 2. The van der Waals surface area contributed by atoms with E-state index in [1.165, 1.54) is 72.8 Å². The molecule has 0 spiro atoms. The standard InChI is InChI=1S/C24H28I6O2/c25-17-13-19(27)23(20(28)14-17)31-11-9-7-5-3-1-2-4-6-8-10-12-32-24-21(29)15-18(26)16-22(24)30/h13-16H,1-12H2. The lowest BCUT2D eigenvalue weighted by Crippen LogP contribution is -2.01. The van der Waals surface area contributed by atoms with Crippen molar-refractivity contribution in [3.05, 3.63) is 45.7 Å². The molecular formula is C24H28I6O2. The second-order valence-electron chi connectivity index (χ2n) is 7.63. The predicted octanol–water partition coefficient (Wildman–Crippen LogP) is 10.7. The van der Waals surface area contributed by atoms with Crippen LogP contribution in [0.25, 0.3) is 0 Å². The molecule has 0 heterocycles. The molecule has 0 atom stereocenters. The maximum atomic E-state index is 6.03. The van der Waals surface area contributed by atoms with Gasteiger partial charge in [0.1, 0.15) is 11.5 Å². The highest BCUT2D eigenvalue weighted by Crippen LogP contribution is 2.30. The van der Waals surface area contributed by atoms with Crippen LogP contribution in [0.5, 0.6) is 11.5 Å².